The molecule has 7 heteroatoms. The second kappa shape index (κ2) is 5.46. The number of hydrogen-bond donors (Lipinski definition) is 1. The second-order valence-electron chi connectivity index (χ2n) is 5.13. The van der Waals surface area contributed by atoms with E-state index in [2.05, 4.69) is 15.0 Å². The molecule has 1 N–H and O–H groups in total. The molecule has 1 amide bonds. The number of fused-ring (bicyclic) bond motifs is 1. The number of H-pyrrole nitrogens is 1. The number of aromatic nitrogens is 3. The number of imidazole rings is 1. The van der Waals surface area contributed by atoms with Crippen molar-refractivity contribution in [3.05, 3.63) is 46.9 Å². The number of nitrogens with zero attached hydrogens (tertiary/aromatic N) is 3. The summed E-state index contributed by atoms with van der Waals surface area (Å²) < 4.78 is 5.09. The van der Waals surface area contributed by atoms with Gasteiger partial charge >= 0.3 is 0 Å². The molecular weight excluding hydrogens is 304 g/mol. The zero-order valence-electron chi connectivity index (χ0n) is 12.4. The summed E-state index contributed by atoms with van der Waals surface area (Å²) in [7, 11) is 1.71. The molecule has 3 aromatic rings. The van der Waals surface area contributed by atoms with Gasteiger partial charge in [0.2, 0.25) is 0 Å². The van der Waals surface area contributed by atoms with Gasteiger partial charge in [-0.3, -0.25) is 4.79 Å². The Balaban J connectivity index is 1.87. The minimum atomic E-state index is -0.240. The molecule has 0 bridgehead atoms. The fraction of sp³-hybridized carbons (Fsp3) is 0.267. The van der Waals surface area contributed by atoms with E-state index in [1.165, 1.54) is 6.26 Å². The number of nitrogens with one attached hydrogen (secondary N) is 1. The van der Waals surface area contributed by atoms with E-state index < -0.39 is 0 Å². The van der Waals surface area contributed by atoms with Gasteiger partial charge in [0.25, 0.3) is 5.91 Å². The number of hydrogen-bond acceptors (Lipinski definition) is 4. The number of amides is 1. The van der Waals surface area contributed by atoms with Crippen LogP contribution in [-0.4, -0.2) is 32.8 Å². The molecule has 0 spiro atoms. The summed E-state index contributed by atoms with van der Waals surface area (Å²) in [6.07, 6.45) is 1.36. The number of aryl methyl sites for hydroxylation is 1. The normalized spacial score (nSPS) is 12.5. The Morgan fingerprint density at radius 2 is 2.18 bits per heavy atom. The zero-order chi connectivity index (χ0) is 15.9. The van der Waals surface area contributed by atoms with E-state index >= 15 is 0 Å². The van der Waals surface area contributed by atoms with Crippen LogP contribution in [0.2, 0.25) is 5.02 Å². The van der Waals surface area contributed by atoms with Crippen LogP contribution in [0.5, 0.6) is 0 Å². The van der Waals surface area contributed by atoms with Crippen molar-refractivity contribution in [3.8, 4) is 0 Å². The van der Waals surface area contributed by atoms with E-state index in [0.717, 1.165) is 11.0 Å². The van der Waals surface area contributed by atoms with Gasteiger partial charge in [-0.05, 0) is 25.1 Å². The van der Waals surface area contributed by atoms with Crippen LogP contribution in [0.25, 0.3) is 11.0 Å². The number of halogens is 1. The quantitative estimate of drug-likeness (QED) is 0.803. The molecule has 3 rings (SSSR count). The molecule has 0 aliphatic carbocycles. The Hall–Kier alpha value is -2.34. The highest BCUT2D eigenvalue weighted by Crippen LogP contribution is 2.23. The van der Waals surface area contributed by atoms with Gasteiger partial charge < -0.3 is 14.3 Å². The molecule has 0 saturated carbocycles. The molecule has 22 heavy (non-hydrogen) atoms. The van der Waals surface area contributed by atoms with E-state index in [1.807, 2.05) is 19.1 Å². The molecule has 1 atom stereocenters. The second-order valence-corrected chi connectivity index (χ2v) is 5.56. The molecule has 114 valence electrons. The first-order valence-corrected chi connectivity index (χ1v) is 7.18. The molecule has 0 radical (unpaired) electrons. The van der Waals surface area contributed by atoms with Crippen LogP contribution in [0.1, 0.15) is 35.2 Å². The van der Waals surface area contributed by atoms with E-state index in [4.69, 9.17) is 16.0 Å². The average molecular weight is 319 g/mol. The van der Waals surface area contributed by atoms with Gasteiger partial charge in [0, 0.05) is 19.0 Å². The van der Waals surface area contributed by atoms with Crippen LogP contribution in [0.4, 0.5) is 0 Å². The van der Waals surface area contributed by atoms with Crippen molar-refractivity contribution in [2.45, 2.75) is 19.9 Å². The van der Waals surface area contributed by atoms with Crippen molar-refractivity contribution in [3.63, 3.8) is 0 Å². The van der Waals surface area contributed by atoms with Crippen molar-refractivity contribution in [2.75, 3.05) is 7.05 Å². The molecular formula is C15H15ClN4O2. The third kappa shape index (κ3) is 2.57. The number of carbonyl (C=O) groups excluding carboxylic acids is 1. The molecule has 0 fully saturated rings. The van der Waals surface area contributed by atoms with Crippen molar-refractivity contribution in [2.24, 2.45) is 0 Å². The van der Waals surface area contributed by atoms with Gasteiger partial charge in [-0.25, -0.2) is 9.97 Å². The number of carbonyl (C=O) groups is 1. The minimum Gasteiger partial charge on any atom is -0.448 e. The number of rotatable bonds is 3. The van der Waals surface area contributed by atoms with Crippen LogP contribution in [0, 0.1) is 6.92 Å². The summed E-state index contributed by atoms with van der Waals surface area (Å²) in [4.78, 5) is 25.7. The molecule has 1 unspecified atom stereocenters. The van der Waals surface area contributed by atoms with Crippen LogP contribution in [0.15, 0.2) is 28.9 Å². The highest BCUT2D eigenvalue weighted by atomic mass is 35.5. The van der Waals surface area contributed by atoms with Gasteiger partial charge in [-0.2, -0.15) is 0 Å². The Bertz CT molecular complexity index is 839. The Morgan fingerprint density at radius 1 is 1.41 bits per heavy atom. The first kappa shape index (κ1) is 14.6. The Labute approximate surface area is 132 Å². The molecule has 6 nitrogen and oxygen atoms in total. The van der Waals surface area contributed by atoms with Gasteiger partial charge in [-0.15, -0.1) is 0 Å². The number of oxazole rings is 1. The summed E-state index contributed by atoms with van der Waals surface area (Å²) in [5.74, 6) is 0.930. The molecule has 0 saturated heterocycles. The topological polar surface area (TPSA) is 75.0 Å². The standard InChI is InChI=1S/C15H15ClN4O2/c1-8(20(3)15(21)13-7-22-9(2)17-13)14-18-11-5-4-10(16)6-12(11)19-14/h4-8H,1-3H3,(H,18,19). The molecule has 1 aromatic carbocycles. The van der Waals surface area contributed by atoms with E-state index in [1.54, 1.807) is 24.9 Å². The highest BCUT2D eigenvalue weighted by molar-refractivity contribution is 6.31. The fourth-order valence-corrected chi connectivity index (χ4v) is 2.37. The van der Waals surface area contributed by atoms with Crippen LogP contribution in [-0.2, 0) is 0 Å². The lowest BCUT2D eigenvalue weighted by Gasteiger charge is -2.22. The minimum absolute atomic E-state index is 0.220. The number of aromatic amines is 1. The largest absolute Gasteiger partial charge is 0.448 e. The smallest absolute Gasteiger partial charge is 0.276 e. The monoisotopic (exact) mass is 318 g/mol. The van der Waals surface area contributed by atoms with Crippen molar-refractivity contribution >= 4 is 28.5 Å². The van der Waals surface area contributed by atoms with Gasteiger partial charge in [0.15, 0.2) is 11.6 Å². The third-order valence-corrected chi connectivity index (χ3v) is 3.83. The SMILES string of the molecule is Cc1nc(C(=O)N(C)C(C)c2nc3ccc(Cl)cc3[nH]2)co1. The van der Waals surface area contributed by atoms with E-state index in [-0.39, 0.29) is 17.6 Å². The summed E-state index contributed by atoms with van der Waals surface area (Å²) in [5, 5.41) is 0.637. The predicted molar refractivity (Wildman–Crippen MR) is 82.9 cm³/mol. The molecule has 0 aliphatic rings. The van der Waals surface area contributed by atoms with Crippen LogP contribution < -0.4 is 0 Å². The average Bonchev–Trinajstić information content (AvgIpc) is 3.10. The maximum Gasteiger partial charge on any atom is 0.276 e. The Morgan fingerprint density at radius 3 is 2.86 bits per heavy atom. The van der Waals surface area contributed by atoms with Crippen molar-refractivity contribution in [1.82, 2.24) is 19.9 Å². The molecule has 2 aromatic heterocycles. The Kier molecular flexibility index (Phi) is 3.62. The van der Waals surface area contributed by atoms with Crippen LogP contribution >= 0.6 is 11.6 Å². The zero-order valence-corrected chi connectivity index (χ0v) is 13.2. The number of benzene rings is 1. The fourth-order valence-electron chi connectivity index (χ4n) is 2.20. The molecule has 0 aliphatic heterocycles. The third-order valence-electron chi connectivity index (χ3n) is 3.60. The highest BCUT2D eigenvalue weighted by Gasteiger charge is 2.23. The lowest BCUT2D eigenvalue weighted by Crippen LogP contribution is -2.30. The van der Waals surface area contributed by atoms with Crippen molar-refractivity contribution in [1.29, 1.82) is 0 Å². The van der Waals surface area contributed by atoms with E-state index in [9.17, 15) is 4.79 Å². The van der Waals surface area contributed by atoms with Gasteiger partial charge in [0.05, 0.1) is 17.1 Å². The maximum atomic E-state index is 12.4. The lowest BCUT2D eigenvalue weighted by molar-refractivity contribution is 0.0731. The predicted octanol–water partition coefficient (Wildman–Crippen LogP) is 3.35. The summed E-state index contributed by atoms with van der Waals surface area (Å²) in [6, 6.07) is 5.19. The summed E-state index contributed by atoms with van der Waals surface area (Å²) in [5.41, 5.74) is 1.93. The lowest BCUT2D eigenvalue weighted by atomic mass is 10.2. The summed E-state index contributed by atoms with van der Waals surface area (Å²) in [6.45, 7) is 3.59. The first-order chi connectivity index (χ1) is 10.5. The van der Waals surface area contributed by atoms with Gasteiger partial charge in [0.1, 0.15) is 12.1 Å². The van der Waals surface area contributed by atoms with Gasteiger partial charge in [-0.1, -0.05) is 11.6 Å². The molecule has 2 heterocycles. The maximum absolute atomic E-state index is 12.4. The van der Waals surface area contributed by atoms with Crippen molar-refractivity contribution < 1.29 is 9.21 Å². The van der Waals surface area contributed by atoms with Crippen LogP contribution in [0.3, 0.4) is 0 Å². The summed E-state index contributed by atoms with van der Waals surface area (Å²) >= 11 is 5.97. The van der Waals surface area contributed by atoms with E-state index in [0.29, 0.717) is 16.7 Å². The first-order valence-electron chi connectivity index (χ1n) is 6.80.